The molecule has 0 bridgehead atoms. The predicted octanol–water partition coefficient (Wildman–Crippen LogP) is 5.13. The van der Waals surface area contributed by atoms with Crippen molar-refractivity contribution >= 4 is 22.8 Å². The van der Waals surface area contributed by atoms with Crippen LogP contribution in [0, 0.1) is 0 Å². The van der Waals surface area contributed by atoms with Gasteiger partial charge in [0, 0.05) is 23.6 Å². The van der Waals surface area contributed by atoms with Crippen LogP contribution in [0.4, 0.5) is 10.5 Å². The summed E-state index contributed by atoms with van der Waals surface area (Å²) in [5, 5.41) is 13.3. The van der Waals surface area contributed by atoms with Crippen molar-refractivity contribution < 1.29 is 9.90 Å². The Labute approximate surface area is 189 Å². The minimum atomic E-state index is -0.881. The lowest BCUT2D eigenvalue weighted by Gasteiger charge is -2.33. The van der Waals surface area contributed by atoms with E-state index in [9.17, 15) is 9.90 Å². The van der Waals surface area contributed by atoms with Crippen LogP contribution in [0.15, 0.2) is 42.5 Å². The molecule has 6 heteroatoms. The molecule has 0 radical (unpaired) electrons. The molecule has 2 N–H and O–H groups in total. The Bertz CT molecular complexity index is 1120. The van der Waals surface area contributed by atoms with E-state index in [4.69, 9.17) is 4.98 Å². The number of nitrogens with zero attached hydrogens (tertiary/aromatic N) is 3. The zero-order chi connectivity index (χ0) is 22.2. The summed E-state index contributed by atoms with van der Waals surface area (Å²) in [6.07, 6.45) is 3.93. The standard InChI is InChI=1S/C26H32N4O2/c1-17(16-19-6-4-3-5-7-19)25-28-24-21-9-8-18(2)29(26(31)32)22(21)10-11-23(24)30(25)20-12-14-27-15-13-20/h3-7,10-11,17-18,20,27H,8-9,12-16H2,1-2H3,(H,31,32). The van der Waals surface area contributed by atoms with Crippen LogP contribution in [0.2, 0.25) is 0 Å². The SMILES string of the molecule is CC(Cc1ccccc1)c1nc2c3c(ccc2n1C1CCNCC1)N(C(=O)O)C(C)CC3. The molecule has 6 nitrogen and oxygen atoms in total. The van der Waals surface area contributed by atoms with Gasteiger partial charge in [-0.25, -0.2) is 9.78 Å². The van der Waals surface area contributed by atoms with Gasteiger partial charge in [-0.15, -0.1) is 0 Å². The molecule has 1 saturated heterocycles. The smallest absolute Gasteiger partial charge is 0.412 e. The van der Waals surface area contributed by atoms with Crippen molar-refractivity contribution in [3.05, 3.63) is 59.4 Å². The van der Waals surface area contributed by atoms with E-state index in [0.717, 1.165) is 73.3 Å². The predicted molar refractivity (Wildman–Crippen MR) is 128 cm³/mol. The van der Waals surface area contributed by atoms with Gasteiger partial charge in [0.1, 0.15) is 5.82 Å². The Kier molecular flexibility index (Phi) is 5.64. The molecule has 2 aliphatic rings. The molecule has 168 valence electrons. The molecule has 2 aliphatic heterocycles. The fraction of sp³-hybridized carbons (Fsp3) is 0.462. The molecule has 0 spiro atoms. The minimum Gasteiger partial charge on any atom is -0.465 e. The Balaban J connectivity index is 1.64. The van der Waals surface area contributed by atoms with Crippen LogP contribution in [-0.4, -0.2) is 39.9 Å². The molecule has 1 aromatic heterocycles. The highest BCUT2D eigenvalue weighted by molar-refractivity contribution is 5.94. The summed E-state index contributed by atoms with van der Waals surface area (Å²) >= 11 is 0. The van der Waals surface area contributed by atoms with E-state index >= 15 is 0 Å². The number of amides is 1. The zero-order valence-corrected chi connectivity index (χ0v) is 18.9. The number of anilines is 1. The van der Waals surface area contributed by atoms with Gasteiger partial charge in [0.15, 0.2) is 0 Å². The molecule has 32 heavy (non-hydrogen) atoms. The van der Waals surface area contributed by atoms with Crippen LogP contribution in [0.3, 0.4) is 0 Å². The maximum atomic E-state index is 12.0. The van der Waals surface area contributed by atoms with E-state index in [1.54, 1.807) is 0 Å². The lowest BCUT2D eigenvalue weighted by Crippen LogP contribution is -2.41. The van der Waals surface area contributed by atoms with E-state index in [1.807, 2.05) is 13.0 Å². The van der Waals surface area contributed by atoms with Gasteiger partial charge in [0.25, 0.3) is 0 Å². The highest BCUT2D eigenvalue weighted by Gasteiger charge is 2.32. The van der Waals surface area contributed by atoms with Gasteiger partial charge in [0.05, 0.1) is 16.7 Å². The fourth-order valence-corrected chi connectivity index (χ4v) is 5.56. The average Bonchev–Trinajstić information content (AvgIpc) is 3.20. The van der Waals surface area contributed by atoms with Crippen LogP contribution in [0.1, 0.15) is 62.0 Å². The van der Waals surface area contributed by atoms with Crippen molar-refractivity contribution in [3.63, 3.8) is 0 Å². The number of nitrogens with one attached hydrogen (secondary N) is 1. The van der Waals surface area contributed by atoms with Gasteiger partial charge in [-0.05, 0) is 69.8 Å². The van der Waals surface area contributed by atoms with Gasteiger partial charge in [0.2, 0.25) is 0 Å². The van der Waals surface area contributed by atoms with E-state index in [2.05, 4.69) is 53.2 Å². The maximum absolute atomic E-state index is 12.0. The zero-order valence-electron chi connectivity index (χ0n) is 18.9. The van der Waals surface area contributed by atoms with Crippen molar-refractivity contribution in [1.82, 2.24) is 14.9 Å². The second kappa shape index (κ2) is 8.58. The van der Waals surface area contributed by atoms with Crippen molar-refractivity contribution in [3.8, 4) is 0 Å². The molecular formula is C26H32N4O2. The second-order valence-corrected chi connectivity index (χ2v) is 9.38. The minimum absolute atomic E-state index is 0.0135. The largest absolute Gasteiger partial charge is 0.465 e. The van der Waals surface area contributed by atoms with Crippen LogP contribution in [-0.2, 0) is 12.8 Å². The number of carbonyl (C=O) groups is 1. The number of benzene rings is 2. The molecule has 1 fully saturated rings. The van der Waals surface area contributed by atoms with Gasteiger partial charge < -0.3 is 15.0 Å². The lowest BCUT2D eigenvalue weighted by molar-refractivity contribution is 0.198. The summed E-state index contributed by atoms with van der Waals surface area (Å²) in [7, 11) is 0. The Hall–Kier alpha value is -2.86. The number of aryl methyl sites for hydroxylation is 1. The second-order valence-electron chi connectivity index (χ2n) is 9.38. The Morgan fingerprint density at radius 2 is 1.91 bits per heavy atom. The maximum Gasteiger partial charge on any atom is 0.412 e. The van der Waals surface area contributed by atoms with Crippen molar-refractivity contribution in [2.45, 2.75) is 64.0 Å². The molecule has 2 unspecified atom stereocenters. The van der Waals surface area contributed by atoms with Crippen molar-refractivity contribution in [2.75, 3.05) is 18.0 Å². The van der Waals surface area contributed by atoms with Gasteiger partial charge >= 0.3 is 6.09 Å². The summed E-state index contributed by atoms with van der Waals surface area (Å²) in [6, 6.07) is 15.1. The van der Waals surface area contributed by atoms with E-state index in [-0.39, 0.29) is 12.0 Å². The molecular weight excluding hydrogens is 400 g/mol. The lowest BCUT2D eigenvalue weighted by atomic mass is 9.95. The van der Waals surface area contributed by atoms with Crippen molar-refractivity contribution in [2.24, 2.45) is 0 Å². The van der Waals surface area contributed by atoms with E-state index in [0.29, 0.717) is 6.04 Å². The number of rotatable bonds is 4. The number of carboxylic acid groups (broad SMARTS) is 1. The Morgan fingerprint density at radius 3 is 2.62 bits per heavy atom. The average molecular weight is 433 g/mol. The van der Waals surface area contributed by atoms with E-state index < -0.39 is 6.09 Å². The first-order valence-electron chi connectivity index (χ1n) is 11.8. The normalized spacial score (nSPS) is 20.3. The summed E-state index contributed by atoms with van der Waals surface area (Å²) in [6.45, 7) is 6.30. The van der Waals surface area contributed by atoms with Crippen molar-refractivity contribution in [1.29, 1.82) is 0 Å². The van der Waals surface area contributed by atoms with Crippen LogP contribution < -0.4 is 10.2 Å². The molecule has 5 rings (SSSR count). The van der Waals surface area contributed by atoms with E-state index in [1.165, 1.54) is 10.5 Å². The summed E-state index contributed by atoms with van der Waals surface area (Å²) in [5.41, 5.74) is 5.36. The number of hydrogen-bond donors (Lipinski definition) is 2. The van der Waals surface area contributed by atoms with Gasteiger partial charge in [-0.1, -0.05) is 37.3 Å². The summed E-state index contributed by atoms with van der Waals surface area (Å²) in [4.78, 5) is 18.7. The van der Waals surface area contributed by atoms with Gasteiger partial charge in [-0.3, -0.25) is 4.90 Å². The van der Waals surface area contributed by atoms with Crippen LogP contribution in [0.25, 0.3) is 11.0 Å². The molecule has 1 amide bonds. The third-order valence-electron chi connectivity index (χ3n) is 7.19. The first kappa shape index (κ1) is 21.0. The van der Waals surface area contributed by atoms with Crippen LogP contribution >= 0.6 is 0 Å². The molecule has 2 atom stereocenters. The monoisotopic (exact) mass is 432 g/mol. The number of piperidine rings is 1. The number of imidazole rings is 1. The topological polar surface area (TPSA) is 70.4 Å². The van der Waals surface area contributed by atoms with Gasteiger partial charge in [-0.2, -0.15) is 0 Å². The molecule has 3 aromatic rings. The summed E-state index contributed by atoms with van der Waals surface area (Å²) in [5.74, 6) is 1.40. The third-order valence-corrected chi connectivity index (χ3v) is 7.19. The third kappa shape index (κ3) is 3.66. The number of aromatic nitrogens is 2. The molecule has 0 aliphatic carbocycles. The molecule has 3 heterocycles. The first-order valence-corrected chi connectivity index (χ1v) is 11.8. The molecule has 0 saturated carbocycles. The first-order chi connectivity index (χ1) is 15.5. The molecule has 2 aromatic carbocycles. The summed E-state index contributed by atoms with van der Waals surface area (Å²) < 4.78 is 2.48. The highest BCUT2D eigenvalue weighted by Crippen LogP contribution is 2.39. The fourth-order valence-electron chi connectivity index (χ4n) is 5.56. The Morgan fingerprint density at radius 1 is 1.16 bits per heavy atom. The number of hydrogen-bond acceptors (Lipinski definition) is 3. The van der Waals surface area contributed by atoms with Crippen LogP contribution in [0.5, 0.6) is 0 Å². The number of fused-ring (bicyclic) bond motifs is 3. The quantitative estimate of drug-likeness (QED) is 0.600. The highest BCUT2D eigenvalue weighted by atomic mass is 16.4.